The molecule has 0 aliphatic carbocycles. The van der Waals surface area contributed by atoms with Gasteiger partial charge in [0.15, 0.2) is 0 Å². The molecule has 1 saturated heterocycles. The molecule has 28 heavy (non-hydrogen) atoms. The summed E-state index contributed by atoms with van der Waals surface area (Å²) in [7, 11) is 0. The van der Waals surface area contributed by atoms with Crippen molar-refractivity contribution in [1.29, 1.82) is 0 Å². The van der Waals surface area contributed by atoms with Gasteiger partial charge in [0.1, 0.15) is 0 Å². The molecular weight excluding hydrogens is 354 g/mol. The van der Waals surface area contributed by atoms with Gasteiger partial charge in [0, 0.05) is 57.0 Å². The van der Waals surface area contributed by atoms with Crippen LogP contribution < -0.4 is 0 Å². The Morgan fingerprint density at radius 1 is 1.07 bits per heavy atom. The van der Waals surface area contributed by atoms with Gasteiger partial charge in [-0.25, -0.2) is 0 Å². The Morgan fingerprint density at radius 3 is 2.61 bits per heavy atom. The Morgan fingerprint density at radius 2 is 1.86 bits per heavy atom. The number of hydrogen-bond acceptors (Lipinski definition) is 4. The maximum Gasteiger partial charge on any atom is 0.308 e. The molecule has 1 N–H and O–H groups in total. The number of carbonyl (C=O) groups excluding carboxylic acids is 1. The van der Waals surface area contributed by atoms with Crippen molar-refractivity contribution in [1.82, 2.24) is 14.8 Å². The lowest BCUT2D eigenvalue weighted by molar-refractivity contribution is -0.141. The van der Waals surface area contributed by atoms with Gasteiger partial charge in [-0.3, -0.25) is 14.6 Å². The average molecular weight is 379 g/mol. The molecule has 4 rings (SSSR count). The van der Waals surface area contributed by atoms with Crippen molar-refractivity contribution in [3.05, 3.63) is 65.5 Å². The van der Waals surface area contributed by atoms with Crippen LogP contribution in [0.3, 0.4) is 0 Å². The van der Waals surface area contributed by atoms with Gasteiger partial charge in [-0.1, -0.05) is 30.3 Å². The van der Waals surface area contributed by atoms with Gasteiger partial charge in [-0.05, 0) is 29.7 Å². The average Bonchev–Trinajstić information content (AvgIpc) is 3.17. The second-order valence-corrected chi connectivity index (χ2v) is 7.65. The molecule has 1 aromatic heterocycles. The summed E-state index contributed by atoms with van der Waals surface area (Å²) in [4.78, 5) is 32.8. The van der Waals surface area contributed by atoms with Crippen LogP contribution in [0.25, 0.3) is 0 Å². The van der Waals surface area contributed by atoms with E-state index in [2.05, 4.69) is 22.0 Å². The van der Waals surface area contributed by atoms with E-state index >= 15 is 0 Å². The zero-order valence-electron chi connectivity index (χ0n) is 15.8. The van der Waals surface area contributed by atoms with Crippen LogP contribution in [0.15, 0.2) is 48.7 Å². The minimum atomic E-state index is -0.794. The topological polar surface area (TPSA) is 73.7 Å². The molecule has 2 aromatic rings. The number of nitrogens with zero attached hydrogens (tertiary/aromatic N) is 3. The summed E-state index contributed by atoms with van der Waals surface area (Å²) in [5.41, 5.74) is 3.37. The quantitative estimate of drug-likeness (QED) is 0.862. The van der Waals surface area contributed by atoms with E-state index in [4.69, 9.17) is 0 Å². The summed E-state index contributed by atoms with van der Waals surface area (Å²) in [5.74, 6) is -1.26. The number of aliphatic carboxylic acids is 1. The highest BCUT2D eigenvalue weighted by atomic mass is 16.4. The summed E-state index contributed by atoms with van der Waals surface area (Å²) >= 11 is 0. The second-order valence-electron chi connectivity index (χ2n) is 7.65. The third kappa shape index (κ3) is 3.92. The zero-order chi connectivity index (χ0) is 19.5. The van der Waals surface area contributed by atoms with Gasteiger partial charge in [-0.15, -0.1) is 0 Å². The summed E-state index contributed by atoms with van der Waals surface area (Å²) in [5, 5.41) is 9.61. The van der Waals surface area contributed by atoms with Gasteiger partial charge < -0.3 is 14.9 Å². The first-order valence-electron chi connectivity index (χ1n) is 9.82. The summed E-state index contributed by atoms with van der Waals surface area (Å²) < 4.78 is 0. The summed E-state index contributed by atoms with van der Waals surface area (Å²) in [6, 6.07) is 13.9. The van der Waals surface area contributed by atoms with Crippen molar-refractivity contribution in [2.45, 2.75) is 25.3 Å². The number of rotatable bonds is 5. The van der Waals surface area contributed by atoms with E-state index in [-0.39, 0.29) is 11.8 Å². The third-order valence-electron chi connectivity index (χ3n) is 5.91. The van der Waals surface area contributed by atoms with Crippen LogP contribution in [-0.4, -0.2) is 57.9 Å². The monoisotopic (exact) mass is 379 g/mol. The van der Waals surface area contributed by atoms with Crippen molar-refractivity contribution in [3.63, 3.8) is 0 Å². The maximum atomic E-state index is 12.7. The van der Waals surface area contributed by atoms with Gasteiger partial charge in [0.05, 0.1) is 5.92 Å². The lowest BCUT2D eigenvalue weighted by atomic mass is 9.93. The minimum Gasteiger partial charge on any atom is -0.481 e. The van der Waals surface area contributed by atoms with Crippen LogP contribution in [0.2, 0.25) is 0 Å². The van der Waals surface area contributed by atoms with Crippen molar-refractivity contribution >= 4 is 11.9 Å². The number of hydrogen-bond donors (Lipinski definition) is 1. The number of carbonyl (C=O) groups is 2. The molecular formula is C22H25N3O3. The van der Waals surface area contributed by atoms with Crippen LogP contribution in [0.5, 0.6) is 0 Å². The zero-order valence-corrected chi connectivity index (χ0v) is 15.8. The van der Waals surface area contributed by atoms with Crippen LogP contribution in [0.1, 0.15) is 29.2 Å². The number of benzene rings is 1. The van der Waals surface area contributed by atoms with E-state index < -0.39 is 11.9 Å². The predicted molar refractivity (Wildman–Crippen MR) is 105 cm³/mol. The van der Waals surface area contributed by atoms with Crippen LogP contribution in [-0.2, 0) is 22.6 Å². The molecule has 0 unspecified atom stereocenters. The lowest BCUT2D eigenvalue weighted by Gasteiger charge is -2.29. The molecule has 0 spiro atoms. The minimum absolute atomic E-state index is 0.129. The van der Waals surface area contributed by atoms with Gasteiger partial charge in [-0.2, -0.15) is 0 Å². The molecule has 0 saturated carbocycles. The van der Waals surface area contributed by atoms with E-state index in [0.29, 0.717) is 32.6 Å². The second kappa shape index (κ2) is 8.10. The van der Waals surface area contributed by atoms with E-state index in [1.807, 2.05) is 35.2 Å². The molecule has 3 heterocycles. The molecule has 2 atom stereocenters. The number of carboxylic acids is 1. The predicted octanol–water partition coefficient (Wildman–Crippen LogP) is 2.16. The number of amides is 1. The Hall–Kier alpha value is -2.73. The first-order valence-corrected chi connectivity index (χ1v) is 9.82. The highest BCUT2D eigenvalue weighted by molar-refractivity contribution is 5.77. The fraction of sp³-hybridized carbons (Fsp3) is 0.409. The first kappa shape index (κ1) is 18.6. The standard InChI is InChI=1S/C22H25N3O3/c26-21(25-12-8-16-5-1-2-6-17(16)13-25)9-11-24-14-18(19(15-24)22(27)28)20-7-3-4-10-23-20/h1-7,10,18-19H,8-9,11-15H2,(H,27,28)/t18-,19-/m1/s1. The SMILES string of the molecule is O=C(O)[C@@H]1CN(CCC(=O)N2CCc3ccccc3C2)C[C@H]1c1ccccn1. The van der Waals surface area contributed by atoms with Gasteiger partial charge >= 0.3 is 5.97 Å². The van der Waals surface area contributed by atoms with E-state index in [1.54, 1.807) is 6.20 Å². The molecule has 1 amide bonds. The van der Waals surface area contributed by atoms with Gasteiger partial charge in [0.2, 0.25) is 5.91 Å². The Labute approximate surface area is 164 Å². The first-order chi connectivity index (χ1) is 13.6. The van der Waals surface area contributed by atoms with Crippen LogP contribution >= 0.6 is 0 Å². The highest BCUT2D eigenvalue weighted by Gasteiger charge is 2.39. The fourth-order valence-corrected chi connectivity index (χ4v) is 4.33. The summed E-state index contributed by atoms with van der Waals surface area (Å²) in [6.45, 7) is 3.11. The lowest BCUT2D eigenvalue weighted by Crippen LogP contribution is -2.37. The van der Waals surface area contributed by atoms with Crippen molar-refractivity contribution in [3.8, 4) is 0 Å². The largest absolute Gasteiger partial charge is 0.481 e. The van der Waals surface area contributed by atoms with E-state index in [0.717, 1.165) is 18.7 Å². The fourth-order valence-electron chi connectivity index (χ4n) is 4.33. The Bertz CT molecular complexity index is 855. The molecule has 2 aliphatic rings. The molecule has 146 valence electrons. The molecule has 2 aliphatic heterocycles. The number of fused-ring (bicyclic) bond motifs is 1. The number of pyridine rings is 1. The third-order valence-corrected chi connectivity index (χ3v) is 5.91. The molecule has 6 nitrogen and oxygen atoms in total. The highest BCUT2D eigenvalue weighted by Crippen LogP contribution is 2.32. The van der Waals surface area contributed by atoms with E-state index in [1.165, 1.54) is 11.1 Å². The molecule has 0 bridgehead atoms. The maximum absolute atomic E-state index is 12.7. The van der Waals surface area contributed by atoms with Crippen LogP contribution in [0.4, 0.5) is 0 Å². The number of carboxylic acid groups (broad SMARTS) is 1. The normalized spacial score (nSPS) is 22.1. The molecule has 0 radical (unpaired) electrons. The Kier molecular flexibility index (Phi) is 5.39. The van der Waals surface area contributed by atoms with Crippen molar-refractivity contribution in [2.24, 2.45) is 5.92 Å². The van der Waals surface area contributed by atoms with Crippen molar-refractivity contribution in [2.75, 3.05) is 26.2 Å². The molecule has 1 aromatic carbocycles. The van der Waals surface area contributed by atoms with Crippen LogP contribution in [0, 0.1) is 5.92 Å². The number of likely N-dealkylation sites (tertiary alicyclic amines) is 1. The molecule has 1 fully saturated rings. The summed E-state index contributed by atoms with van der Waals surface area (Å²) in [6.07, 6.45) is 3.02. The molecule has 6 heteroatoms. The van der Waals surface area contributed by atoms with E-state index in [9.17, 15) is 14.7 Å². The Balaban J connectivity index is 1.35. The van der Waals surface area contributed by atoms with Gasteiger partial charge in [0.25, 0.3) is 0 Å². The van der Waals surface area contributed by atoms with Crippen molar-refractivity contribution < 1.29 is 14.7 Å². The number of aromatic nitrogens is 1. The smallest absolute Gasteiger partial charge is 0.308 e.